The summed E-state index contributed by atoms with van der Waals surface area (Å²) < 4.78 is 2.97. The maximum atomic E-state index is 13.5. The third kappa shape index (κ3) is 6.06. The molecule has 7 heteroatoms. The number of rotatable bonds is 9. The van der Waals surface area contributed by atoms with Crippen LogP contribution in [0.25, 0.3) is 11.1 Å². The topological polar surface area (TPSA) is 104 Å². The van der Waals surface area contributed by atoms with Crippen molar-refractivity contribution in [2.75, 3.05) is 6.54 Å². The Bertz CT molecular complexity index is 1690. The highest BCUT2D eigenvalue weighted by atomic mass is 16.2. The van der Waals surface area contributed by atoms with Crippen molar-refractivity contribution >= 4 is 0 Å². The smallest absolute Gasteiger partial charge is 0.314 e. The van der Waals surface area contributed by atoms with E-state index in [1.54, 1.807) is 16.8 Å². The minimum atomic E-state index is -0.639. The van der Waals surface area contributed by atoms with E-state index in [9.17, 15) is 20.1 Å². The van der Waals surface area contributed by atoms with Gasteiger partial charge < -0.3 is 5.32 Å². The Morgan fingerprint density at radius 1 is 0.878 bits per heavy atom. The first kappa shape index (κ1) is 27.8. The molecule has 1 fully saturated rings. The van der Waals surface area contributed by atoms with Gasteiger partial charge in [0, 0.05) is 18.8 Å². The molecule has 0 saturated heterocycles. The number of nitriles is 2. The lowest BCUT2D eigenvalue weighted by Crippen LogP contribution is -2.42. The van der Waals surface area contributed by atoms with Gasteiger partial charge in [0.2, 0.25) is 0 Å². The fourth-order valence-corrected chi connectivity index (χ4v) is 5.86. The van der Waals surface area contributed by atoms with E-state index >= 15 is 0 Å². The SMILES string of the molecule is N#Cc1ccccc1[C@]1(C#N)CC[C@@H](NCCCn2c(=O)c(-c3ccccc3)cn(Cc3ccccc3)c2=O)CC1. The van der Waals surface area contributed by atoms with Crippen LogP contribution >= 0.6 is 0 Å². The fraction of sp³-hybridized carbons (Fsp3) is 0.294. The van der Waals surface area contributed by atoms with E-state index < -0.39 is 5.41 Å². The maximum absolute atomic E-state index is 13.5. The highest BCUT2D eigenvalue weighted by molar-refractivity contribution is 5.61. The van der Waals surface area contributed by atoms with Crippen LogP contribution in [0, 0.1) is 22.7 Å². The van der Waals surface area contributed by atoms with Crippen molar-refractivity contribution in [3.05, 3.63) is 129 Å². The molecule has 0 amide bonds. The van der Waals surface area contributed by atoms with Crippen molar-refractivity contribution in [1.29, 1.82) is 10.5 Å². The molecule has 0 atom stereocenters. The second-order valence-corrected chi connectivity index (χ2v) is 10.7. The van der Waals surface area contributed by atoms with E-state index in [0.717, 1.165) is 29.5 Å². The fourth-order valence-electron chi connectivity index (χ4n) is 5.86. The van der Waals surface area contributed by atoms with Crippen molar-refractivity contribution in [3.8, 4) is 23.3 Å². The molecule has 0 spiro atoms. The lowest BCUT2D eigenvalue weighted by molar-refractivity contribution is 0.293. The molecule has 0 unspecified atom stereocenters. The Morgan fingerprint density at radius 3 is 2.22 bits per heavy atom. The standard InChI is InChI=1S/C34H33N5O2/c35-22-28-14-7-8-15-31(28)34(25-36)18-16-29(17-19-34)37-20-9-21-39-32(40)30(27-12-5-2-6-13-27)24-38(33(39)41)23-26-10-3-1-4-11-26/h1-8,10-15,24,29,37H,9,16-21,23H2/t29-,34-. The van der Waals surface area contributed by atoms with E-state index in [4.69, 9.17) is 0 Å². The van der Waals surface area contributed by atoms with Crippen LogP contribution in [-0.4, -0.2) is 21.7 Å². The first-order valence-electron chi connectivity index (χ1n) is 14.1. The van der Waals surface area contributed by atoms with Gasteiger partial charge >= 0.3 is 5.69 Å². The molecule has 3 aromatic carbocycles. The predicted molar refractivity (Wildman–Crippen MR) is 159 cm³/mol. The van der Waals surface area contributed by atoms with Gasteiger partial charge in [-0.2, -0.15) is 10.5 Å². The molecule has 1 aliphatic carbocycles. The molecule has 1 saturated carbocycles. The summed E-state index contributed by atoms with van der Waals surface area (Å²) in [5, 5.41) is 23.2. The summed E-state index contributed by atoms with van der Waals surface area (Å²) in [6.07, 6.45) is 5.30. The summed E-state index contributed by atoms with van der Waals surface area (Å²) in [7, 11) is 0. The van der Waals surface area contributed by atoms with E-state index in [1.165, 1.54) is 4.57 Å². The Balaban J connectivity index is 1.27. The van der Waals surface area contributed by atoms with Crippen molar-refractivity contribution in [1.82, 2.24) is 14.5 Å². The molecular weight excluding hydrogens is 510 g/mol. The molecule has 4 aromatic rings. The average Bonchev–Trinajstić information content (AvgIpc) is 3.03. The van der Waals surface area contributed by atoms with E-state index in [-0.39, 0.29) is 17.3 Å². The molecule has 41 heavy (non-hydrogen) atoms. The van der Waals surface area contributed by atoms with Crippen molar-refractivity contribution in [2.45, 2.75) is 56.7 Å². The Kier molecular flexibility index (Phi) is 8.58. The molecule has 0 radical (unpaired) electrons. The first-order chi connectivity index (χ1) is 20.0. The van der Waals surface area contributed by atoms with Gasteiger partial charge in [-0.05, 0) is 61.4 Å². The minimum Gasteiger partial charge on any atom is -0.314 e. The van der Waals surface area contributed by atoms with Gasteiger partial charge in [-0.3, -0.25) is 13.9 Å². The summed E-state index contributed by atoms with van der Waals surface area (Å²) >= 11 is 0. The number of benzene rings is 3. The van der Waals surface area contributed by atoms with Gasteiger partial charge in [-0.1, -0.05) is 78.9 Å². The van der Waals surface area contributed by atoms with Gasteiger partial charge in [-0.15, -0.1) is 0 Å². The third-order valence-corrected chi connectivity index (χ3v) is 8.13. The maximum Gasteiger partial charge on any atom is 0.331 e. The number of aromatic nitrogens is 2. The first-order valence-corrected chi connectivity index (χ1v) is 14.1. The van der Waals surface area contributed by atoms with Gasteiger partial charge in [0.15, 0.2) is 0 Å². The molecule has 0 bridgehead atoms. The summed E-state index contributed by atoms with van der Waals surface area (Å²) in [6, 6.07) is 31.6. The number of nitrogens with zero attached hydrogens (tertiary/aromatic N) is 4. The summed E-state index contributed by atoms with van der Waals surface area (Å²) in [4.78, 5) is 26.9. The quantitative estimate of drug-likeness (QED) is 0.300. The summed E-state index contributed by atoms with van der Waals surface area (Å²) in [5.41, 5.74) is 2.45. The highest BCUT2D eigenvalue weighted by Gasteiger charge is 2.38. The van der Waals surface area contributed by atoms with Crippen LogP contribution in [-0.2, 0) is 18.5 Å². The van der Waals surface area contributed by atoms with Crippen LogP contribution < -0.4 is 16.6 Å². The third-order valence-electron chi connectivity index (χ3n) is 8.13. The molecule has 1 N–H and O–H groups in total. The number of nitrogens with one attached hydrogen (secondary N) is 1. The van der Waals surface area contributed by atoms with Crippen LogP contribution in [0.4, 0.5) is 0 Å². The minimum absolute atomic E-state index is 0.243. The molecule has 206 valence electrons. The Labute approximate surface area is 239 Å². The molecule has 7 nitrogen and oxygen atoms in total. The molecule has 0 aliphatic heterocycles. The van der Waals surface area contributed by atoms with Crippen molar-refractivity contribution in [3.63, 3.8) is 0 Å². The van der Waals surface area contributed by atoms with E-state index in [2.05, 4.69) is 17.5 Å². The second kappa shape index (κ2) is 12.6. The summed E-state index contributed by atoms with van der Waals surface area (Å²) in [5.74, 6) is 0. The Morgan fingerprint density at radius 2 is 1.54 bits per heavy atom. The van der Waals surface area contributed by atoms with Crippen LogP contribution in [0.1, 0.15) is 48.8 Å². The lowest BCUT2D eigenvalue weighted by atomic mass is 9.68. The van der Waals surface area contributed by atoms with Gasteiger partial charge in [0.05, 0.1) is 35.2 Å². The monoisotopic (exact) mass is 543 g/mol. The largest absolute Gasteiger partial charge is 0.331 e. The number of hydrogen-bond donors (Lipinski definition) is 1. The zero-order chi connectivity index (χ0) is 28.7. The molecule has 5 rings (SSSR count). The zero-order valence-electron chi connectivity index (χ0n) is 23.0. The van der Waals surface area contributed by atoms with Gasteiger partial charge in [0.25, 0.3) is 5.56 Å². The van der Waals surface area contributed by atoms with Gasteiger partial charge in [-0.25, -0.2) is 4.79 Å². The van der Waals surface area contributed by atoms with Gasteiger partial charge in [0.1, 0.15) is 0 Å². The lowest BCUT2D eigenvalue weighted by Gasteiger charge is -2.36. The molecular formula is C34H33N5O2. The van der Waals surface area contributed by atoms with E-state index in [0.29, 0.717) is 50.0 Å². The van der Waals surface area contributed by atoms with Crippen molar-refractivity contribution in [2.24, 2.45) is 0 Å². The second-order valence-electron chi connectivity index (χ2n) is 10.7. The van der Waals surface area contributed by atoms with Crippen LogP contribution in [0.5, 0.6) is 0 Å². The highest BCUT2D eigenvalue weighted by Crippen LogP contribution is 2.40. The Hall–Kier alpha value is -4.72. The molecule has 1 aliphatic rings. The molecule has 1 heterocycles. The van der Waals surface area contributed by atoms with Crippen LogP contribution in [0.15, 0.2) is 101 Å². The molecule has 1 aromatic heterocycles. The predicted octanol–water partition coefficient (Wildman–Crippen LogP) is 4.98. The number of hydrogen-bond acceptors (Lipinski definition) is 5. The average molecular weight is 544 g/mol. The zero-order valence-corrected chi connectivity index (χ0v) is 23.0. The van der Waals surface area contributed by atoms with Crippen LogP contribution in [0.3, 0.4) is 0 Å². The normalized spacial score (nSPS) is 18.3. The van der Waals surface area contributed by atoms with Crippen LogP contribution in [0.2, 0.25) is 0 Å². The summed E-state index contributed by atoms with van der Waals surface area (Å²) in [6.45, 7) is 1.35. The van der Waals surface area contributed by atoms with E-state index in [1.807, 2.05) is 78.9 Å². The van der Waals surface area contributed by atoms with Crippen molar-refractivity contribution < 1.29 is 0 Å².